The third kappa shape index (κ3) is 6.58. The minimum atomic E-state index is -0.617. The number of nitrogens with one attached hydrogen (secondary N) is 1. The van der Waals surface area contributed by atoms with Crippen molar-refractivity contribution in [3.8, 4) is 5.75 Å². The summed E-state index contributed by atoms with van der Waals surface area (Å²) in [5.74, 6) is -0.276. The van der Waals surface area contributed by atoms with Gasteiger partial charge in [0.25, 0.3) is 11.5 Å². The molecule has 0 bridgehead atoms. The number of benzene rings is 3. The van der Waals surface area contributed by atoms with E-state index in [1.165, 1.54) is 17.0 Å². The van der Waals surface area contributed by atoms with Gasteiger partial charge in [-0.15, -0.1) is 0 Å². The van der Waals surface area contributed by atoms with Crippen LogP contribution in [0.3, 0.4) is 0 Å². The van der Waals surface area contributed by atoms with E-state index in [2.05, 4.69) is 47.3 Å². The SMILES string of the molecule is CC(C)(C)c1nc2ccc(Br)cc2c(=O)n1N=Cc1cc(Br)cc([N+](=O)[O-])c1OCC(=O)Nc1ccccc1. The molecule has 1 aromatic heterocycles. The third-order valence-corrected chi connectivity index (χ3v) is 6.41. The number of ether oxygens (including phenoxy) is 1. The van der Waals surface area contributed by atoms with E-state index in [-0.39, 0.29) is 17.0 Å². The molecule has 0 saturated heterocycles. The molecule has 1 amide bonds. The van der Waals surface area contributed by atoms with Gasteiger partial charge in [0.15, 0.2) is 6.61 Å². The monoisotopic (exact) mass is 655 g/mol. The molecule has 0 radical (unpaired) electrons. The minimum absolute atomic E-state index is 0.169. The molecular weight excluding hydrogens is 634 g/mol. The summed E-state index contributed by atoms with van der Waals surface area (Å²) in [4.78, 5) is 41.8. The lowest BCUT2D eigenvalue weighted by Crippen LogP contribution is -2.29. The molecule has 0 unspecified atom stereocenters. The van der Waals surface area contributed by atoms with Gasteiger partial charge in [0, 0.05) is 31.7 Å². The van der Waals surface area contributed by atoms with E-state index in [0.29, 0.717) is 31.4 Å². The summed E-state index contributed by atoms with van der Waals surface area (Å²) in [6.07, 6.45) is 1.28. The number of anilines is 1. The van der Waals surface area contributed by atoms with Gasteiger partial charge >= 0.3 is 5.69 Å². The van der Waals surface area contributed by atoms with Crippen molar-refractivity contribution in [3.05, 3.63) is 101 Å². The van der Waals surface area contributed by atoms with E-state index in [1.807, 2.05) is 26.8 Å². The molecular formula is C27H23Br2N5O5. The van der Waals surface area contributed by atoms with Crippen molar-refractivity contribution in [1.29, 1.82) is 0 Å². The zero-order chi connectivity index (χ0) is 28.3. The van der Waals surface area contributed by atoms with Crippen LogP contribution in [0.4, 0.5) is 11.4 Å². The predicted octanol–water partition coefficient (Wildman–Crippen LogP) is 6.03. The first kappa shape index (κ1) is 28.1. The summed E-state index contributed by atoms with van der Waals surface area (Å²) in [7, 11) is 0. The number of amides is 1. The molecule has 39 heavy (non-hydrogen) atoms. The van der Waals surface area contributed by atoms with Gasteiger partial charge in [-0.3, -0.25) is 19.7 Å². The van der Waals surface area contributed by atoms with Crippen LogP contribution in [0, 0.1) is 10.1 Å². The molecule has 0 spiro atoms. The quantitative estimate of drug-likeness (QED) is 0.147. The number of rotatable bonds is 7. The van der Waals surface area contributed by atoms with Crippen LogP contribution in [0.1, 0.15) is 32.2 Å². The van der Waals surface area contributed by atoms with Crippen LogP contribution in [0.5, 0.6) is 5.75 Å². The lowest BCUT2D eigenvalue weighted by molar-refractivity contribution is -0.385. The van der Waals surface area contributed by atoms with Crippen molar-refractivity contribution >= 4 is 66.3 Å². The van der Waals surface area contributed by atoms with Gasteiger partial charge < -0.3 is 10.1 Å². The molecule has 10 nitrogen and oxygen atoms in total. The molecule has 1 N–H and O–H groups in total. The molecule has 1 heterocycles. The molecule has 3 aromatic carbocycles. The number of nitro benzene ring substituents is 1. The number of aromatic nitrogens is 2. The zero-order valence-electron chi connectivity index (χ0n) is 21.1. The molecule has 4 rings (SSSR count). The Balaban J connectivity index is 1.77. The first-order chi connectivity index (χ1) is 18.4. The van der Waals surface area contributed by atoms with Crippen LogP contribution in [0.25, 0.3) is 10.9 Å². The number of nitrogens with zero attached hydrogens (tertiary/aromatic N) is 4. The van der Waals surface area contributed by atoms with Crippen LogP contribution < -0.4 is 15.6 Å². The van der Waals surface area contributed by atoms with Crippen molar-refractivity contribution < 1.29 is 14.5 Å². The molecule has 0 saturated carbocycles. The number of hydrogen-bond donors (Lipinski definition) is 1. The summed E-state index contributed by atoms with van der Waals surface area (Å²) in [5, 5.41) is 19.3. The fourth-order valence-electron chi connectivity index (χ4n) is 3.71. The number of fused-ring (bicyclic) bond motifs is 1. The van der Waals surface area contributed by atoms with Gasteiger partial charge in [0.1, 0.15) is 5.82 Å². The van der Waals surface area contributed by atoms with E-state index >= 15 is 0 Å². The maximum atomic E-state index is 13.5. The highest BCUT2D eigenvalue weighted by Crippen LogP contribution is 2.34. The molecule has 200 valence electrons. The lowest BCUT2D eigenvalue weighted by atomic mass is 9.95. The maximum Gasteiger partial charge on any atom is 0.312 e. The third-order valence-electron chi connectivity index (χ3n) is 5.46. The fourth-order valence-corrected chi connectivity index (χ4v) is 4.53. The Hall–Kier alpha value is -3.90. The average Bonchev–Trinajstić information content (AvgIpc) is 2.87. The molecule has 0 fully saturated rings. The van der Waals surface area contributed by atoms with E-state index in [1.54, 1.807) is 48.5 Å². The van der Waals surface area contributed by atoms with E-state index in [4.69, 9.17) is 4.74 Å². The second-order valence-electron chi connectivity index (χ2n) is 9.51. The molecule has 0 aliphatic heterocycles. The first-order valence-corrected chi connectivity index (χ1v) is 13.3. The summed E-state index contributed by atoms with van der Waals surface area (Å²) in [6.45, 7) is 5.21. The fraction of sp³-hybridized carbons (Fsp3) is 0.185. The number of nitro groups is 1. The Morgan fingerprint density at radius 2 is 1.85 bits per heavy atom. The van der Waals surface area contributed by atoms with Crippen molar-refractivity contribution in [2.24, 2.45) is 5.10 Å². The van der Waals surface area contributed by atoms with Gasteiger partial charge in [0.05, 0.1) is 22.0 Å². The molecule has 4 aromatic rings. The van der Waals surface area contributed by atoms with Crippen LogP contribution >= 0.6 is 31.9 Å². The highest BCUT2D eigenvalue weighted by Gasteiger charge is 2.24. The normalized spacial score (nSPS) is 11.6. The standard InChI is InChI=1S/C27H23Br2N5O5/c1-27(2,3)26-32-21-10-9-17(28)12-20(21)25(36)33(26)30-14-16-11-18(29)13-22(34(37)38)24(16)39-15-23(35)31-19-7-5-4-6-8-19/h4-14H,15H2,1-3H3,(H,31,35). The summed E-state index contributed by atoms with van der Waals surface area (Å²) < 4.78 is 7.92. The van der Waals surface area contributed by atoms with Crippen LogP contribution in [-0.2, 0) is 10.2 Å². The minimum Gasteiger partial charge on any atom is -0.476 e. The molecule has 0 atom stereocenters. The number of carbonyl (C=O) groups is 1. The summed E-state index contributed by atoms with van der Waals surface area (Å²) in [5.41, 5.74) is -0.0758. The second kappa shape index (κ2) is 11.5. The Kier molecular flexibility index (Phi) is 8.26. The van der Waals surface area contributed by atoms with Crippen molar-refractivity contribution in [3.63, 3.8) is 0 Å². The van der Waals surface area contributed by atoms with Crippen molar-refractivity contribution in [1.82, 2.24) is 9.66 Å². The van der Waals surface area contributed by atoms with Crippen LogP contribution in [-0.4, -0.2) is 33.3 Å². The first-order valence-electron chi connectivity index (χ1n) is 11.7. The van der Waals surface area contributed by atoms with Gasteiger partial charge in [-0.1, -0.05) is 70.8 Å². The largest absolute Gasteiger partial charge is 0.476 e. The molecule has 0 aliphatic rings. The zero-order valence-corrected chi connectivity index (χ0v) is 24.3. The van der Waals surface area contributed by atoms with E-state index in [9.17, 15) is 19.7 Å². The van der Waals surface area contributed by atoms with E-state index < -0.39 is 28.4 Å². The van der Waals surface area contributed by atoms with Gasteiger partial charge in [0.2, 0.25) is 5.75 Å². The Labute approximate surface area is 240 Å². The lowest BCUT2D eigenvalue weighted by Gasteiger charge is -2.21. The second-order valence-corrected chi connectivity index (χ2v) is 11.3. The number of hydrogen-bond acceptors (Lipinski definition) is 7. The number of para-hydroxylation sites is 1. The Morgan fingerprint density at radius 3 is 2.51 bits per heavy atom. The predicted molar refractivity (Wildman–Crippen MR) is 157 cm³/mol. The Bertz CT molecular complexity index is 1660. The highest BCUT2D eigenvalue weighted by molar-refractivity contribution is 9.10. The maximum absolute atomic E-state index is 13.5. The highest BCUT2D eigenvalue weighted by atomic mass is 79.9. The van der Waals surface area contributed by atoms with Crippen molar-refractivity contribution in [2.45, 2.75) is 26.2 Å². The smallest absolute Gasteiger partial charge is 0.312 e. The molecule has 0 aliphatic carbocycles. The Morgan fingerprint density at radius 1 is 1.13 bits per heavy atom. The van der Waals surface area contributed by atoms with Gasteiger partial charge in [-0.25, -0.2) is 4.98 Å². The van der Waals surface area contributed by atoms with Gasteiger partial charge in [-0.2, -0.15) is 9.78 Å². The van der Waals surface area contributed by atoms with Crippen LogP contribution in [0.15, 0.2) is 79.5 Å². The molecule has 12 heteroatoms. The van der Waals surface area contributed by atoms with Crippen LogP contribution in [0.2, 0.25) is 0 Å². The summed E-state index contributed by atoms with van der Waals surface area (Å²) in [6, 6.07) is 16.8. The van der Waals surface area contributed by atoms with E-state index in [0.717, 1.165) is 0 Å². The van der Waals surface area contributed by atoms with Gasteiger partial charge in [-0.05, 0) is 36.4 Å². The number of carbonyl (C=O) groups excluding carboxylic acids is 1. The average molecular weight is 657 g/mol. The van der Waals surface area contributed by atoms with Crippen molar-refractivity contribution in [2.75, 3.05) is 11.9 Å². The topological polar surface area (TPSA) is 129 Å². The number of halogens is 2. The summed E-state index contributed by atoms with van der Waals surface area (Å²) >= 11 is 6.66.